The average molecular weight is 687 g/mol. The van der Waals surface area contributed by atoms with Crippen LogP contribution in [-0.4, -0.2) is 0 Å². The van der Waals surface area contributed by atoms with Crippen LogP contribution in [0, 0.1) is 76.6 Å². The molecule has 1 rings (SSSR count). The van der Waals surface area contributed by atoms with E-state index in [1.54, 1.807) is 0 Å². The topological polar surface area (TPSA) is 0 Å². The van der Waals surface area contributed by atoms with Crippen LogP contribution in [0.2, 0.25) is 5.02 Å². The van der Waals surface area contributed by atoms with Crippen molar-refractivity contribution in [2.75, 3.05) is 0 Å². The molecule has 0 aliphatic rings. The second-order valence-corrected chi connectivity index (χ2v) is 3.70. The van der Waals surface area contributed by atoms with Gasteiger partial charge in [0.1, 0.15) is 0 Å². The van der Waals surface area contributed by atoms with Gasteiger partial charge in [0.25, 0.3) is 0 Å². The van der Waals surface area contributed by atoms with Gasteiger partial charge in [0, 0.05) is 36.1 Å². The van der Waals surface area contributed by atoms with E-state index in [2.05, 4.69) is 26.0 Å². The van der Waals surface area contributed by atoms with Crippen LogP contribution in [0.1, 0.15) is 30.9 Å². The molecule has 0 saturated carbocycles. The van der Waals surface area contributed by atoms with E-state index in [0.717, 1.165) is 17.9 Å². The van der Waals surface area contributed by atoms with E-state index in [1.165, 1.54) is 24.0 Å². The van der Waals surface area contributed by atoms with Gasteiger partial charge in [0.15, 0.2) is 0 Å². The van der Waals surface area contributed by atoms with Crippen molar-refractivity contribution in [3.05, 3.63) is 48.7 Å². The fourth-order valence-corrected chi connectivity index (χ4v) is 1.63. The van der Waals surface area contributed by atoms with Gasteiger partial charge in [0.2, 0.25) is 0 Å². The summed E-state index contributed by atoms with van der Waals surface area (Å²) in [6.45, 7) is 6.11. The molecule has 0 spiro atoms. The van der Waals surface area contributed by atoms with E-state index in [0.29, 0.717) is 0 Å². The standard InChI is InChI=1S/C12H16Cl.CH3.2U/c1-3-5-6-11-9-12(13)8-7-10(11)4-2;;;/h7-9H,2-6H2,1H3;1H3;;/q2*-1;;+2. The van der Waals surface area contributed by atoms with Crippen molar-refractivity contribution in [1.82, 2.24) is 0 Å². The molecule has 3 heteroatoms. The maximum atomic E-state index is 5.93. The van der Waals surface area contributed by atoms with E-state index < -0.39 is 0 Å². The van der Waals surface area contributed by atoms with E-state index in [1.807, 2.05) is 6.07 Å². The molecule has 0 saturated heterocycles. The van der Waals surface area contributed by atoms with Gasteiger partial charge in [-0.3, -0.25) is 0 Å². The normalized spacial score (nSPS) is 8.44. The van der Waals surface area contributed by atoms with Crippen molar-refractivity contribution in [3.8, 4) is 0 Å². The molecular formula is C13H19ClU2. The number of aryl methyl sites for hydroxylation is 1. The summed E-state index contributed by atoms with van der Waals surface area (Å²) in [6, 6.07) is 6.09. The second-order valence-electron chi connectivity index (χ2n) is 3.27. The zero-order valence-electron chi connectivity index (χ0n) is 10.1. The summed E-state index contributed by atoms with van der Waals surface area (Å²) in [4.78, 5) is 0. The van der Waals surface area contributed by atoms with Crippen LogP contribution in [0.3, 0.4) is 0 Å². The fourth-order valence-electron chi connectivity index (χ4n) is 1.44. The number of benzene rings is 1. The fraction of sp³-hybridized carbons (Fsp3) is 0.385. The third-order valence-corrected chi connectivity index (χ3v) is 2.47. The largest absolute Gasteiger partial charge is 2.00 e. The van der Waals surface area contributed by atoms with Gasteiger partial charge in [0.05, 0.1) is 0 Å². The minimum Gasteiger partial charge on any atom is -0.358 e. The molecule has 1 aromatic carbocycles. The maximum Gasteiger partial charge on any atom is 2.00 e. The third kappa shape index (κ3) is 7.85. The Balaban J connectivity index is -0.000000563. The molecule has 0 aromatic heterocycles. The van der Waals surface area contributed by atoms with Crippen LogP contribution in [0.15, 0.2) is 18.2 Å². The summed E-state index contributed by atoms with van der Waals surface area (Å²) in [5.74, 6) is 0. The minimum atomic E-state index is 0. The molecule has 0 aliphatic carbocycles. The van der Waals surface area contributed by atoms with Gasteiger partial charge in [-0.1, -0.05) is 36.6 Å². The molecule has 0 nitrogen and oxygen atoms in total. The Kier molecular flexibility index (Phi) is 18.6. The first kappa shape index (κ1) is 22.8. The molecule has 0 fully saturated rings. The second kappa shape index (κ2) is 13.1. The number of halogens is 1. The molecule has 0 atom stereocenters. The molecule has 0 aliphatic heterocycles. The Morgan fingerprint density at radius 2 is 1.88 bits per heavy atom. The Morgan fingerprint density at radius 3 is 2.38 bits per heavy atom. The first-order valence-electron chi connectivity index (χ1n) is 4.84. The van der Waals surface area contributed by atoms with Gasteiger partial charge in [-0.15, -0.1) is 0 Å². The predicted molar refractivity (Wildman–Crippen MR) is 65.5 cm³/mol. The van der Waals surface area contributed by atoms with E-state index >= 15 is 0 Å². The smallest absolute Gasteiger partial charge is 0.358 e. The summed E-state index contributed by atoms with van der Waals surface area (Å²) in [5, 5.41) is 0.836. The van der Waals surface area contributed by atoms with Crippen LogP contribution in [-0.2, 0) is 12.8 Å². The van der Waals surface area contributed by atoms with Crippen LogP contribution >= 0.6 is 11.6 Å². The molecule has 0 N–H and O–H groups in total. The molecule has 0 radical (unpaired) electrons. The van der Waals surface area contributed by atoms with Crippen LogP contribution in [0.25, 0.3) is 0 Å². The van der Waals surface area contributed by atoms with E-state index in [4.69, 9.17) is 11.6 Å². The number of hydrogen-bond acceptors (Lipinski definition) is 0. The molecule has 16 heavy (non-hydrogen) atoms. The van der Waals surface area contributed by atoms with Crippen LogP contribution in [0.5, 0.6) is 0 Å². The van der Waals surface area contributed by atoms with E-state index in [-0.39, 0.29) is 69.7 Å². The van der Waals surface area contributed by atoms with Crippen molar-refractivity contribution in [2.45, 2.75) is 32.6 Å². The molecule has 0 bridgehead atoms. The van der Waals surface area contributed by atoms with Crippen molar-refractivity contribution < 1.29 is 62.2 Å². The van der Waals surface area contributed by atoms with Gasteiger partial charge in [-0.05, 0) is 30.5 Å². The van der Waals surface area contributed by atoms with Gasteiger partial charge >= 0.3 is 31.1 Å². The molecule has 0 amide bonds. The van der Waals surface area contributed by atoms with Gasteiger partial charge < -0.3 is 14.4 Å². The average Bonchev–Trinajstić information content (AvgIpc) is 2.15. The van der Waals surface area contributed by atoms with Crippen molar-refractivity contribution in [3.63, 3.8) is 0 Å². The number of rotatable bonds is 4. The number of hydrogen-bond donors (Lipinski definition) is 0. The van der Waals surface area contributed by atoms with Gasteiger partial charge in [-0.25, -0.2) is 0 Å². The van der Waals surface area contributed by atoms with Crippen LogP contribution in [0.4, 0.5) is 0 Å². The molecular weight excluding hydrogens is 668 g/mol. The summed E-state index contributed by atoms with van der Waals surface area (Å²) in [6.07, 6.45) is 4.44. The molecule has 86 valence electrons. The first-order chi connectivity index (χ1) is 6.27. The minimum absolute atomic E-state index is 0. The zero-order valence-corrected chi connectivity index (χ0v) is 19.2. The molecule has 0 unspecified atom stereocenters. The maximum absolute atomic E-state index is 5.93. The van der Waals surface area contributed by atoms with Crippen LogP contribution < -0.4 is 0 Å². The van der Waals surface area contributed by atoms with Crippen molar-refractivity contribution in [2.24, 2.45) is 0 Å². The van der Waals surface area contributed by atoms with E-state index in [9.17, 15) is 0 Å². The zero-order chi connectivity index (χ0) is 9.68. The summed E-state index contributed by atoms with van der Waals surface area (Å²) >= 11 is 5.93. The molecule has 0 heterocycles. The Morgan fingerprint density at radius 1 is 1.25 bits per heavy atom. The van der Waals surface area contributed by atoms with Crippen molar-refractivity contribution >= 4 is 11.6 Å². The summed E-state index contributed by atoms with van der Waals surface area (Å²) in [5.41, 5.74) is 2.70. The Hall–Kier alpha value is 1.61. The third-order valence-electron chi connectivity index (χ3n) is 2.24. The SMILES string of the molecule is [CH2-]Cc1ccc(Cl)cc1CCCC.[CH3-].[U+2].[U]. The predicted octanol–water partition coefficient (Wildman–Crippen LogP) is 4.51. The summed E-state index contributed by atoms with van der Waals surface area (Å²) in [7, 11) is 0. The monoisotopic (exact) mass is 686 g/mol. The Labute approximate surface area is 153 Å². The van der Waals surface area contributed by atoms with Crippen molar-refractivity contribution in [1.29, 1.82) is 0 Å². The Bertz CT molecular complexity index is 275. The number of unbranched alkanes of at least 4 members (excludes halogenated alkanes) is 1. The quantitative estimate of drug-likeness (QED) is 0.410. The molecule has 1 aromatic rings. The van der Waals surface area contributed by atoms with Gasteiger partial charge in [-0.2, -0.15) is 6.42 Å². The first-order valence-corrected chi connectivity index (χ1v) is 5.22. The summed E-state index contributed by atoms with van der Waals surface area (Å²) < 4.78 is 0.